The first-order valence-electron chi connectivity index (χ1n) is 12.9. The molecule has 1 aromatic carbocycles. The van der Waals surface area contributed by atoms with E-state index in [1.165, 1.54) is 25.1 Å². The number of piperidine rings is 3. The molecule has 7 rings (SSSR count). The van der Waals surface area contributed by atoms with E-state index in [0.717, 1.165) is 54.7 Å². The molecule has 6 heterocycles. The van der Waals surface area contributed by atoms with Crippen LogP contribution >= 0.6 is 0 Å². The quantitative estimate of drug-likeness (QED) is 0.326. The van der Waals surface area contributed by atoms with Crippen LogP contribution < -0.4 is 4.74 Å². The Hall–Kier alpha value is -3.29. The fraction of sp³-hybridized carbons (Fsp3) is 0.414. The molecule has 3 fully saturated rings. The highest BCUT2D eigenvalue weighted by Gasteiger charge is 2.42. The number of nitrogens with zero attached hydrogens (tertiary/aromatic N) is 4. The molecule has 36 heavy (non-hydrogen) atoms. The standard InChI is InChI=1S/C29H34N4O3/c1-31-29(16-28(30-31)21-7-9-24(34-2)10-8-21)27-20-33-12-11-22(27)15-23(33)17-32(18-25-5-3-13-35-25)19-26-6-4-14-36-26/h3-10,13-14,16,22-23,27H,11-12,15,17-20H2,1-2H3. The van der Waals surface area contributed by atoms with E-state index in [9.17, 15) is 0 Å². The summed E-state index contributed by atoms with van der Waals surface area (Å²) in [5.41, 5.74) is 3.51. The van der Waals surface area contributed by atoms with Gasteiger partial charge in [0.15, 0.2) is 0 Å². The van der Waals surface area contributed by atoms with Crippen molar-refractivity contribution in [2.45, 2.75) is 37.9 Å². The van der Waals surface area contributed by atoms with E-state index in [0.29, 0.717) is 17.9 Å². The van der Waals surface area contributed by atoms with Gasteiger partial charge in [0.1, 0.15) is 17.3 Å². The number of furan rings is 2. The zero-order chi connectivity index (χ0) is 24.5. The minimum absolute atomic E-state index is 0.517. The number of hydrogen-bond donors (Lipinski definition) is 0. The van der Waals surface area contributed by atoms with E-state index in [4.69, 9.17) is 18.7 Å². The summed E-state index contributed by atoms with van der Waals surface area (Å²) in [7, 11) is 3.79. The van der Waals surface area contributed by atoms with Crippen LogP contribution in [-0.4, -0.2) is 52.4 Å². The molecule has 4 atom stereocenters. The first-order chi connectivity index (χ1) is 17.7. The van der Waals surface area contributed by atoms with Crippen LogP contribution in [0.3, 0.4) is 0 Å². The highest BCUT2D eigenvalue weighted by atomic mass is 16.5. The molecule has 7 nitrogen and oxygen atoms in total. The fourth-order valence-corrected chi connectivity index (χ4v) is 6.12. The summed E-state index contributed by atoms with van der Waals surface area (Å²) in [6.45, 7) is 4.85. The van der Waals surface area contributed by atoms with Gasteiger partial charge < -0.3 is 13.6 Å². The molecule has 0 radical (unpaired) electrons. The molecule has 3 aromatic heterocycles. The van der Waals surface area contributed by atoms with Gasteiger partial charge in [0.25, 0.3) is 0 Å². The third-order valence-electron chi connectivity index (χ3n) is 7.95. The summed E-state index contributed by atoms with van der Waals surface area (Å²) in [5, 5.41) is 4.87. The second-order valence-electron chi connectivity index (χ2n) is 10.2. The molecule has 0 saturated carbocycles. The molecule has 0 spiro atoms. The minimum atomic E-state index is 0.517. The van der Waals surface area contributed by atoms with Crippen LogP contribution in [0.1, 0.15) is 36.0 Å². The van der Waals surface area contributed by atoms with Crippen LogP contribution in [0.25, 0.3) is 11.3 Å². The molecule has 4 aromatic rings. The summed E-state index contributed by atoms with van der Waals surface area (Å²) in [6, 6.07) is 19.1. The topological polar surface area (TPSA) is 59.8 Å². The Morgan fingerprint density at radius 2 is 1.75 bits per heavy atom. The monoisotopic (exact) mass is 486 g/mol. The largest absolute Gasteiger partial charge is 0.497 e. The summed E-state index contributed by atoms with van der Waals surface area (Å²) < 4.78 is 18.8. The number of hydrogen-bond acceptors (Lipinski definition) is 6. The van der Waals surface area contributed by atoms with Crippen LogP contribution in [0.2, 0.25) is 0 Å². The van der Waals surface area contributed by atoms with Crippen LogP contribution in [-0.2, 0) is 20.1 Å². The van der Waals surface area contributed by atoms with E-state index >= 15 is 0 Å². The van der Waals surface area contributed by atoms with Crippen molar-refractivity contribution in [3.8, 4) is 17.0 Å². The lowest BCUT2D eigenvalue weighted by Crippen LogP contribution is -2.56. The molecule has 3 aliphatic rings. The summed E-state index contributed by atoms with van der Waals surface area (Å²) in [6.07, 6.45) is 5.97. The summed E-state index contributed by atoms with van der Waals surface area (Å²) in [5.74, 6) is 4.05. The molecular formula is C29H34N4O3. The Morgan fingerprint density at radius 3 is 2.33 bits per heavy atom. The average Bonchev–Trinajstić information content (AvgIpc) is 3.68. The molecule has 3 saturated heterocycles. The zero-order valence-electron chi connectivity index (χ0n) is 21.0. The Morgan fingerprint density at radius 1 is 1.03 bits per heavy atom. The van der Waals surface area contributed by atoms with Gasteiger partial charge in [-0.25, -0.2) is 0 Å². The van der Waals surface area contributed by atoms with Crippen molar-refractivity contribution >= 4 is 0 Å². The van der Waals surface area contributed by atoms with Crippen LogP contribution in [0.15, 0.2) is 76.0 Å². The van der Waals surface area contributed by atoms with Crippen molar-refractivity contribution in [2.75, 3.05) is 26.7 Å². The van der Waals surface area contributed by atoms with Crippen LogP contribution in [0.4, 0.5) is 0 Å². The molecule has 7 heteroatoms. The molecule has 2 bridgehead atoms. The second-order valence-corrected chi connectivity index (χ2v) is 10.2. The molecule has 0 aliphatic carbocycles. The highest BCUT2D eigenvalue weighted by molar-refractivity contribution is 5.60. The Balaban J connectivity index is 1.16. The number of methoxy groups -OCH3 is 1. The minimum Gasteiger partial charge on any atom is -0.497 e. The van der Waals surface area contributed by atoms with Gasteiger partial charge in [-0.15, -0.1) is 0 Å². The van der Waals surface area contributed by atoms with E-state index < -0.39 is 0 Å². The lowest BCUT2D eigenvalue weighted by molar-refractivity contribution is 0.00571. The SMILES string of the molecule is COc1ccc(-c2cc(C3CN4CCC3CC4CN(Cc3ccco3)Cc3ccco3)n(C)n2)cc1. The van der Waals surface area contributed by atoms with Crippen LogP contribution in [0, 0.1) is 5.92 Å². The third-order valence-corrected chi connectivity index (χ3v) is 7.95. The molecule has 0 N–H and O–H groups in total. The van der Waals surface area contributed by atoms with Gasteiger partial charge in [-0.1, -0.05) is 0 Å². The first-order valence-corrected chi connectivity index (χ1v) is 12.9. The van der Waals surface area contributed by atoms with Crippen molar-refractivity contribution in [1.29, 1.82) is 0 Å². The maximum atomic E-state index is 5.67. The van der Waals surface area contributed by atoms with Crippen molar-refractivity contribution in [3.63, 3.8) is 0 Å². The van der Waals surface area contributed by atoms with Crippen LogP contribution in [0.5, 0.6) is 5.75 Å². The fourth-order valence-electron chi connectivity index (χ4n) is 6.12. The van der Waals surface area contributed by atoms with Crippen molar-refractivity contribution in [2.24, 2.45) is 13.0 Å². The Labute approximate surface area is 212 Å². The van der Waals surface area contributed by atoms with Gasteiger partial charge in [0.05, 0.1) is 38.4 Å². The predicted octanol–water partition coefficient (Wildman–Crippen LogP) is 5.16. The molecular weight excluding hydrogens is 452 g/mol. The number of fused-ring (bicyclic) bond motifs is 3. The molecule has 3 aliphatic heterocycles. The second kappa shape index (κ2) is 9.99. The Kier molecular flexibility index (Phi) is 6.42. The number of rotatable bonds is 9. The smallest absolute Gasteiger partial charge is 0.118 e. The first kappa shape index (κ1) is 23.1. The zero-order valence-corrected chi connectivity index (χ0v) is 21.0. The maximum Gasteiger partial charge on any atom is 0.118 e. The average molecular weight is 487 g/mol. The highest BCUT2D eigenvalue weighted by Crippen LogP contribution is 2.43. The lowest BCUT2D eigenvalue weighted by Gasteiger charge is -2.50. The van der Waals surface area contributed by atoms with Crippen molar-refractivity contribution in [3.05, 3.63) is 84.3 Å². The van der Waals surface area contributed by atoms with Gasteiger partial charge in [-0.3, -0.25) is 14.5 Å². The Bertz CT molecular complexity index is 1210. The van der Waals surface area contributed by atoms with E-state index in [-0.39, 0.29) is 0 Å². The lowest BCUT2D eigenvalue weighted by atomic mass is 9.74. The van der Waals surface area contributed by atoms with Gasteiger partial charge in [0.2, 0.25) is 0 Å². The molecule has 188 valence electrons. The third kappa shape index (κ3) is 4.73. The van der Waals surface area contributed by atoms with E-state index in [2.05, 4.69) is 51.9 Å². The van der Waals surface area contributed by atoms with E-state index in [1.807, 2.05) is 24.3 Å². The molecule has 4 unspecified atom stereocenters. The number of aromatic nitrogens is 2. The van der Waals surface area contributed by atoms with Crippen molar-refractivity contribution < 1.29 is 13.6 Å². The van der Waals surface area contributed by atoms with Gasteiger partial charge >= 0.3 is 0 Å². The van der Waals surface area contributed by atoms with Gasteiger partial charge in [-0.2, -0.15) is 5.10 Å². The summed E-state index contributed by atoms with van der Waals surface area (Å²) in [4.78, 5) is 5.16. The van der Waals surface area contributed by atoms with E-state index in [1.54, 1.807) is 19.6 Å². The number of aryl methyl sites for hydroxylation is 1. The van der Waals surface area contributed by atoms with Gasteiger partial charge in [0, 0.05) is 43.4 Å². The molecule has 0 amide bonds. The van der Waals surface area contributed by atoms with Crippen molar-refractivity contribution in [1.82, 2.24) is 19.6 Å². The number of ether oxygens (including phenoxy) is 1. The number of benzene rings is 1. The maximum absolute atomic E-state index is 5.67. The van der Waals surface area contributed by atoms with Gasteiger partial charge in [-0.05, 0) is 79.9 Å². The normalized spacial score (nSPS) is 23.4. The summed E-state index contributed by atoms with van der Waals surface area (Å²) >= 11 is 0. The predicted molar refractivity (Wildman–Crippen MR) is 138 cm³/mol.